The first-order valence-electron chi connectivity index (χ1n) is 3.93. The predicted molar refractivity (Wildman–Crippen MR) is 44.4 cm³/mol. The fraction of sp³-hybridized carbons (Fsp3) is 0.444. The molecule has 0 spiro atoms. The van der Waals surface area contributed by atoms with Crippen molar-refractivity contribution in [3.63, 3.8) is 0 Å². The standard InChI is InChI=1S/C9H12O3/c1-3-5-11-8-6-9(10)12-7(8)4-2/h3,6-7H,1,4-5H2,2H3/t7-/m1/s1. The third-order valence-electron chi connectivity index (χ3n) is 1.57. The van der Waals surface area contributed by atoms with Crippen molar-refractivity contribution in [2.75, 3.05) is 6.61 Å². The monoisotopic (exact) mass is 168 g/mol. The maximum atomic E-state index is 10.8. The smallest absolute Gasteiger partial charge is 0.335 e. The number of esters is 1. The number of carbonyl (C=O) groups excluding carboxylic acids is 1. The van der Waals surface area contributed by atoms with Crippen LogP contribution < -0.4 is 0 Å². The van der Waals surface area contributed by atoms with E-state index in [-0.39, 0.29) is 12.1 Å². The van der Waals surface area contributed by atoms with Crippen molar-refractivity contribution < 1.29 is 14.3 Å². The van der Waals surface area contributed by atoms with Crippen LogP contribution in [0.15, 0.2) is 24.5 Å². The molecule has 0 amide bonds. The summed E-state index contributed by atoms with van der Waals surface area (Å²) in [5, 5.41) is 0. The minimum absolute atomic E-state index is 0.197. The highest BCUT2D eigenvalue weighted by Crippen LogP contribution is 2.19. The highest BCUT2D eigenvalue weighted by Gasteiger charge is 2.25. The molecule has 0 N–H and O–H groups in total. The average molecular weight is 168 g/mol. The summed E-state index contributed by atoms with van der Waals surface area (Å²) in [5.74, 6) is 0.295. The summed E-state index contributed by atoms with van der Waals surface area (Å²) >= 11 is 0. The van der Waals surface area contributed by atoms with Crippen molar-refractivity contribution in [3.8, 4) is 0 Å². The predicted octanol–water partition coefficient (Wildman–Crippen LogP) is 1.41. The summed E-state index contributed by atoms with van der Waals surface area (Å²) in [4.78, 5) is 10.8. The first kappa shape index (κ1) is 8.84. The molecule has 3 nitrogen and oxygen atoms in total. The molecular weight excluding hydrogens is 156 g/mol. The molecule has 0 aromatic carbocycles. The van der Waals surface area contributed by atoms with E-state index in [9.17, 15) is 4.79 Å². The van der Waals surface area contributed by atoms with Gasteiger partial charge in [-0.15, -0.1) is 0 Å². The Balaban J connectivity index is 2.53. The van der Waals surface area contributed by atoms with Gasteiger partial charge in [0.2, 0.25) is 0 Å². The number of hydrogen-bond donors (Lipinski definition) is 0. The van der Waals surface area contributed by atoms with Gasteiger partial charge in [-0.05, 0) is 6.42 Å². The van der Waals surface area contributed by atoms with Crippen molar-refractivity contribution in [3.05, 3.63) is 24.5 Å². The van der Waals surface area contributed by atoms with Crippen LogP contribution in [0.3, 0.4) is 0 Å². The molecular formula is C9H12O3. The lowest BCUT2D eigenvalue weighted by Gasteiger charge is -2.11. The maximum Gasteiger partial charge on any atom is 0.335 e. The summed E-state index contributed by atoms with van der Waals surface area (Å²) < 4.78 is 10.2. The topological polar surface area (TPSA) is 35.5 Å². The lowest BCUT2D eigenvalue weighted by molar-refractivity contribution is -0.139. The van der Waals surface area contributed by atoms with Crippen LogP contribution in [0.5, 0.6) is 0 Å². The molecule has 1 aliphatic heterocycles. The van der Waals surface area contributed by atoms with Crippen molar-refractivity contribution in [2.45, 2.75) is 19.4 Å². The van der Waals surface area contributed by atoms with E-state index in [1.165, 1.54) is 6.08 Å². The summed E-state index contributed by atoms with van der Waals surface area (Å²) in [6.07, 6.45) is 3.57. The second-order valence-electron chi connectivity index (χ2n) is 2.48. The van der Waals surface area contributed by atoms with Crippen LogP contribution >= 0.6 is 0 Å². The molecule has 3 heteroatoms. The molecule has 0 radical (unpaired) electrons. The Labute approximate surface area is 71.7 Å². The van der Waals surface area contributed by atoms with Gasteiger partial charge in [-0.2, -0.15) is 0 Å². The van der Waals surface area contributed by atoms with Crippen molar-refractivity contribution in [1.82, 2.24) is 0 Å². The van der Waals surface area contributed by atoms with E-state index >= 15 is 0 Å². The zero-order chi connectivity index (χ0) is 8.97. The highest BCUT2D eigenvalue weighted by atomic mass is 16.6. The first-order valence-corrected chi connectivity index (χ1v) is 3.93. The van der Waals surface area contributed by atoms with Crippen molar-refractivity contribution in [2.24, 2.45) is 0 Å². The Bertz CT molecular complexity index is 218. The molecule has 66 valence electrons. The van der Waals surface area contributed by atoms with Gasteiger partial charge in [0.15, 0.2) is 6.10 Å². The molecule has 12 heavy (non-hydrogen) atoms. The molecule has 0 aliphatic carbocycles. The van der Waals surface area contributed by atoms with E-state index in [0.717, 1.165) is 6.42 Å². The van der Waals surface area contributed by atoms with Crippen LogP contribution in [0.4, 0.5) is 0 Å². The number of cyclic esters (lactones) is 1. The average Bonchev–Trinajstić information content (AvgIpc) is 2.42. The zero-order valence-corrected chi connectivity index (χ0v) is 7.08. The second-order valence-corrected chi connectivity index (χ2v) is 2.48. The lowest BCUT2D eigenvalue weighted by Crippen LogP contribution is -2.12. The SMILES string of the molecule is C=CCOC1=CC(=O)O[C@@H]1CC. The van der Waals surface area contributed by atoms with E-state index in [4.69, 9.17) is 9.47 Å². The van der Waals surface area contributed by atoms with Crippen LogP contribution in [-0.4, -0.2) is 18.7 Å². The summed E-state index contributed by atoms with van der Waals surface area (Å²) in [6, 6.07) is 0. The fourth-order valence-corrected chi connectivity index (χ4v) is 1.02. The molecule has 0 saturated carbocycles. The normalized spacial score (nSPS) is 21.6. The fourth-order valence-electron chi connectivity index (χ4n) is 1.02. The molecule has 1 atom stereocenters. The Kier molecular flexibility index (Phi) is 2.91. The van der Waals surface area contributed by atoms with Crippen LogP contribution in [-0.2, 0) is 14.3 Å². The van der Waals surface area contributed by atoms with Crippen molar-refractivity contribution >= 4 is 5.97 Å². The second kappa shape index (κ2) is 3.95. The third-order valence-corrected chi connectivity index (χ3v) is 1.57. The number of ether oxygens (including phenoxy) is 2. The molecule has 0 bridgehead atoms. The summed E-state index contributed by atoms with van der Waals surface area (Å²) in [5.41, 5.74) is 0. The number of carbonyl (C=O) groups is 1. The highest BCUT2D eigenvalue weighted by molar-refractivity contribution is 5.85. The lowest BCUT2D eigenvalue weighted by atomic mass is 10.2. The van der Waals surface area contributed by atoms with Crippen LogP contribution in [0.2, 0.25) is 0 Å². The van der Waals surface area contributed by atoms with E-state index in [1.54, 1.807) is 6.08 Å². The molecule has 1 rings (SSSR count). The van der Waals surface area contributed by atoms with Crippen LogP contribution in [0, 0.1) is 0 Å². The number of rotatable bonds is 4. The van der Waals surface area contributed by atoms with Gasteiger partial charge < -0.3 is 9.47 Å². The van der Waals surface area contributed by atoms with Gasteiger partial charge in [0.05, 0.1) is 6.08 Å². The largest absolute Gasteiger partial charge is 0.490 e. The quantitative estimate of drug-likeness (QED) is 0.470. The molecule has 0 saturated heterocycles. The van der Waals surface area contributed by atoms with Gasteiger partial charge in [-0.25, -0.2) is 4.79 Å². The van der Waals surface area contributed by atoms with E-state index in [2.05, 4.69) is 6.58 Å². The van der Waals surface area contributed by atoms with Gasteiger partial charge in [-0.1, -0.05) is 19.6 Å². The molecule has 0 fully saturated rings. The molecule has 1 heterocycles. The van der Waals surface area contributed by atoms with Gasteiger partial charge >= 0.3 is 5.97 Å². The van der Waals surface area contributed by atoms with E-state index < -0.39 is 0 Å². The van der Waals surface area contributed by atoms with Crippen molar-refractivity contribution in [1.29, 1.82) is 0 Å². The Morgan fingerprint density at radius 3 is 3.17 bits per heavy atom. The van der Waals surface area contributed by atoms with Gasteiger partial charge in [-0.3, -0.25) is 0 Å². The van der Waals surface area contributed by atoms with Crippen LogP contribution in [0.25, 0.3) is 0 Å². The molecule has 0 unspecified atom stereocenters. The van der Waals surface area contributed by atoms with Crippen LogP contribution in [0.1, 0.15) is 13.3 Å². The minimum atomic E-state index is -0.319. The third kappa shape index (κ3) is 1.87. The minimum Gasteiger partial charge on any atom is -0.490 e. The summed E-state index contributed by atoms with van der Waals surface area (Å²) in [7, 11) is 0. The van der Waals surface area contributed by atoms with Gasteiger partial charge in [0.25, 0.3) is 0 Å². The summed E-state index contributed by atoms with van der Waals surface area (Å²) in [6.45, 7) is 5.87. The van der Waals surface area contributed by atoms with Gasteiger partial charge in [0.1, 0.15) is 12.4 Å². The maximum absolute atomic E-state index is 10.8. The molecule has 1 aliphatic rings. The van der Waals surface area contributed by atoms with E-state index in [0.29, 0.717) is 12.4 Å². The Hall–Kier alpha value is -1.25. The zero-order valence-electron chi connectivity index (χ0n) is 7.08. The Morgan fingerprint density at radius 1 is 1.83 bits per heavy atom. The van der Waals surface area contributed by atoms with E-state index in [1.807, 2.05) is 6.92 Å². The molecule has 0 aromatic heterocycles. The Morgan fingerprint density at radius 2 is 2.58 bits per heavy atom. The first-order chi connectivity index (χ1) is 5.77. The molecule has 0 aromatic rings. The van der Waals surface area contributed by atoms with Gasteiger partial charge in [0, 0.05) is 0 Å². The number of hydrogen-bond acceptors (Lipinski definition) is 3.